The normalized spacial score (nSPS) is 10.7. The molecule has 4 nitrogen and oxygen atoms in total. The first-order valence-electron chi connectivity index (χ1n) is 7.95. The van der Waals surface area contributed by atoms with Gasteiger partial charge in [0.15, 0.2) is 6.61 Å². The van der Waals surface area contributed by atoms with Crippen LogP contribution >= 0.6 is 23.4 Å². The van der Waals surface area contributed by atoms with Gasteiger partial charge in [-0.3, -0.25) is 4.79 Å². The molecule has 0 N–H and O–H groups in total. The minimum absolute atomic E-state index is 0.272. The zero-order valence-corrected chi connectivity index (χ0v) is 16.2. The monoisotopic (exact) mass is 389 g/mol. The molecule has 0 aromatic heterocycles. The minimum atomic E-state index is -0.549. The predicted octanol–water partition coefficient (Wildman–Crippen LogP) is 4.28. The van der Waals surface area contributed by atoms with Crippen molar-refractivity contribution in [2.75, 3.05) is 19.9 Å². The second-order valence-corrected chi connectivity index (χ2v) is 6.91. The number of nitrogens with zero attached hydrogens (tertiary/aromatic N) is 1. The topological polar surface area (TPSA) is 46.6 Å². The average molecular weight is 390 g/mol. The van der Waals surface area contributed by atoms with Gasteiger partial charge in [-0.1, -0.05) is 35.9 Å². The molecule has 0 heterocycles. The summed E-state index contributed by atoms with van der Waals surface area (Å²) in [6, 6.07) is 15.0. The number of hydrogen-bond acceptors (Lipinski definition) is 4. The Hall–Kier alpha value is -2.24. The minimum Gasteiger partial charge on any atom is -0.452 e. The van der Waals surface area contributed by atoms with Gasteiger partial charge < -0.3 is 9.64 Å². The molecule has 2 aromatic rings. The molecular formula is C20H20ClNO3S. The number of carbonyl (C=O) groups excluding carboxylic acids is 2. The van der Waals surface area contributed by atoms with Crippen LogP contribution in [0.15, 0.2) is 59.5 Å². The molecule has 0 saturated carbocycles. The number of amides is 1. The van der Waals surface area contributed by atoms with Gasteiger partial charge in [0.1, 0.15) is 0 Å². The van der Waals surface area contributed by atoms with Crippen LogP contribution in [0.5, 0.6) is 0 Å². The van der Waals surface area contributed by atoms with Crippen molar-refractivity contribution in [3.63, 3.8) is 0 Å². The third-order valence-electron chi connectivity index (χ3n) is 3.62. The number of benzene rings is 2. The van der Waals surface area contributed by atoms with E-state index in [0.29, 0.717) is 11.6 Å². The predicted molar refractivity (Wildman–Crippen MR) is 106 cm³/mol. The quantitative estimate of drug-likeness (QED) is 0.403. The fourth-order valence-corrected chi connectivity index (χ4v) is 2.66. The number of carbonyl (C=O) groups is 2. The first-order valence-corrected chi connectivity index (χ1v) is 9.55. The Bertz CT molecular complexity index is 773. The van der Waals surface area contributed by atoms with Gasteiger partial charge in [0.25, 0.3) is 5.91 Å². The summed E-state index contributed by atoms with van der Waals surface area (Å²) >= 11 is 7.49. The number of halogens is 1. The van der Waals surface area contributed by atoms with Crippen LogP contribution in [0.3, 0.4) is 0 Å². The average Bonchev–Trinajstić information content (AvgIpc) is 2.66. The van der Waals surface area contributed by atoms with Crippen LogP contribution in [0, 0.1) is 0 Å². The van der Waals surface area contributed by atoms with Crippen LogP contribution in [-0.2, 0) is 20.9 Å². The molecule has 0 unspecified atom stereocenters. The molecule has 0 aliphatic rings. The summed E-state index contributed by atoms with van der Waals surface area (Å²) in [5.74, 6) is -0.821. The molecule has 0 aliphatic carbocycles. The summed E-state index contributed by atoms with van der Waals surface area (Å²) in [7, 11) is 1.66. The van der Waals surface area contributed by atoms with E-state index in [-0.39, 0.29) is 12.5 Å². The van der Waals surface area contributed by atoms with Crippen molar-refractivity contribution in [3.05, 3.63) is 70.8 Å². The first-order chi connectivity index (χ1) is 12.5. The van der Waals surface area contributed by atoms with Crippen molar-refractivity contribution in [2.45, 2.75) is 11.4 Å². The lowest BCUT2D eigenvalue weighted by molar-refractivity contribution is -0.147. The van der Waals surface area contributed by atoms with Gasteiger partial charge in [-0.05, 0) is 47.7 Å². The van der Waals surface area contributed by atoms with Crippen molar-refractivity contribution in [1.29, 1.82) is 0 Å². The molecule has 0 bridgehead atoms. The second kappa shape index (κ2) is 10.0. The highest BCUT2D eigenvalue weighted by atomic mass is 35.5. The first kappa shape index (κ1) is 20.1. The summed E-state index contributed by atoms with van der Waals surface area (Å²) in [6.07, 6.45) is 4.98. The molecule has 26 heavy (non-hydrogen) atoms. The SMILES string of the molecule is CSc1ccc(/C=C/C(=O)OCC(=O)N(C)Cc2ccc(Cl)cc2)cc1. The number of thioether (sulfide) groups is 1. The maximum atomic E-state index is 12.1. The van der Waals surface area contributed by atoms with Gasteiger partial charge in [0.05, 0.1) is 0 Å². The molecule has 2 aromatic carbocycles. The lowest BCUT2D eigenvalue weighted by Crippen LogP contribution is -2.30. The van der Waals surface area contributed by atoms with Gasteiger partial charge in [-0.25, -0.2) is 4.79 Å². The maximum absolute atomic E-state index is 12.1. The van der Waals surface area contributed by atoms with Crippen LogP contribution in [0.4, 0.5) is 0 Å². The molecule has 2 rings (SSSR count). The van der Waals surface area contributed by atoms with E-state index in [1.54, 1.807) is 37.0 Å². The highest BCUT2D eigenvalue weighted by Crippen LogP contribution is 2.15. The van der Waals surface area contributed by atoms with E-state index in [9.17, 15) is 9.59 Å². The van der Waals surface area contributed by atoms with Crippen molar-refractivity contribution in [2.24, 2.45) is 0 Å². The Morgan fingerprint density at radius 1 is 1.12 bits per heavy atom. The Kier molecular flexibility index (Phi) is 7.75. The zero-order valence-electron chi connectivity index (χ0n) is 14.6. The third-order valence-corrected chi connectivity index (χ3v) is 4.62. The number of ether oxygens (including phenoxy) is 1. The number of hydrogen-bond donors (Lipinski definition) is 0. The highest BCUT2D eigenvalue weighted by Gasteiger charge is 2.11. The number of likely N-dealkylation sites (N-methyl/N-ethyl adjacent to an activating group) is 1. The largest absolute Gasteiger partial charge is 0.452 e. The van der Waals surface area contributed by atoms with E-state index in [1.165, 1.54) is 11.0 Å². The van der Waals surface area contributed by atoms with Crippen molar-refractivity contribution in [1.82, 2.24) is 4.90 Å². The molecule has 1 amide bonds. The molecule has 0 radical (unpaired) electrons. The standard InChI is InChI=1S/C20H20ClNO3S/c1-22(13-16-3-8-17(21)9-4-16)19(23)14-25-20(24)12-7-15-5-10-18(26-2)11-6-15/h3-12H,13-14H2,1-2H3/b12-7+. The van der Waals surface area contributed by atoms with E-state index >= 15 is 0 Å². The van der Waals surface area contributed by atoms with Gasteiger partial charge in [0, 0.05) is 29.6 Å². The van der Waals surface area contributed by atoms with E-state index < -0.39 is 5.97 Å². The summed E-state index contributed by atoms with van der Waals surface area (Å²) in [4.78, 5) is 26.5. The smallest absolute Gasteiger partial charge is 0.331 e. The highest BCUT2D eigenvalue weighted by molar-refractivity contribution is 7.98. The van der Waals surface area contributed by atoms with Crippen LogP contribution in [-0.4, -0.2) is 36.7 Å². The number of esters is 1. The third kappa shape index (κ3) is 6.58. The van der Waals surface area contributed by atoms with E-state index in [1.807, 2.05) is 42.7 Å². The Balaban J connectivity index is 1.78. The van der Waals surface area contributed by atoms with E-state index in [2.05, 4.69) is 0 Å². The molecule has 6 heteroatoms. The van der Waals surface area contributed by atoms with Crippen LogP contribution in [0.2, 0.25) is 5.02 Å². The number of rotatable bonds is 7. The van der Waals surface area contributed by atoms with Gasteiger partial charge in [-0.15, -0.1) is 11.8 Å². The zero-order chi connectivity index (χ0) is 18.9. The molecule has 0 atom stereocenters. The van der Waals surface area contributed by atoms with Crippen LogP contribution < -0.4 is 0 Å². The summed E-state index contributed by atoms with van der Waals surface area (Å²) in [5.41, 5.74) is 1.84. The van der Waals surface area contributed by atoms with Crippen molar-refractivity contribution < 1.29 is 14.3 Å². The fraction of sp³-hybridized carbons (Fsp3) is 0.200. The Labute approximate surface area is 162 Å². The fourth-order valence-electron chi connectivity index (χ4n) is 2.12. The van der Waals surface area contributed by atoms with Crippen LogP contribution in [0.1, 0.15) is 11.1 Å². The lowest BCUT2D eigenvalue weighted by Gasteiger charge is -2.17. The molecule has 0 aliphatic heterocycles. The Morgan fingerprint density at radius 2 is 1.77 bits per heavy atom. The van der Waals surface area contributed by atoms with Crippen LogP contribution in [0.25, 0.3) is 6.08 Å². The molecule has 0 saturated heterocycles. The molecule has 136 valence electrons. The Morgan fingerprint density at radius 3 is 2.38 bits per heavy atom. The molecule has 0 spiro atoms. The van der Waals surface area contributed by atoms with Gasteiger partial charge >= 0.3 is 5.97 Å². The maximum Gasteiger partial charge on any atom is 0.331 e. The summed E-state index contributed by atoms with van der Waals surface area (Å²) in [6.45, 7) is 0.129. The second-order valence-electron chi connectivity index (χ2n) is 5.59. The summed E-state index contributed by atoms with van der Waals surface area (Å²) < 4.78 is 5.01. The van der Waals surface area contributed by atoms with Crippen molar-refractivity contribution in [3.8, 4) is 0 Å². The van der Waals surface area contributed by atoms with Crippen molar-refractivity contribution >= 4 is 41.3 Å². The molecular weight excluding hydrogens is 370 g/mol. The lowest BCUT2D eigenvalue weighted by atomic mass is 10.2. The van der Waals surface area contributed by atoms with E-state index in [0.717, 1.165) is 16.0 Å². The molecule has 0 fully saturated rings. The van der Waals surface area contributed by atoms with Gasteiger partial charge in [0.2, 0.25) is 0 Å². The van der Waals surface area contributed by atoms with E-state index in [4.69, 9.17) is 16.3 Å². The van der Waals surface area contributed by atoms with Gasteiger partial charge in [-0.2, -0.15) is 0 Å². The summed E-state index contributed by atoms with van der Waals surface area (Å²) in [5, 5.41) is 0.645.